The maximum atomic E-state index is 12.9. The number of aromatic amines is 1. The molecule has 2 atom stereocenters. The summed E-state index contributed by atoms with van der Waals surface area (Å²) in [4.78, 5) is 34.7. The molecular weight excluding hydrogens is 520 g/mol. The summed E-state index contributed by atoms with van der Waals surface area (Å²) in [5, 5.41) is 13.2. The Morgan fingerprint density at radius 2 is 1.86 bits per heavy atom. The lowest BCUT2D eigenvalue weighted by molar-refractivity contribution is -0.141. The van der Waals surface area contributed by atoms with E-state index in [2.05, 4.69) is 20.3 Å². The van der Waals surface area contributed by atoms with E-state index >= 15 is 0 Å². The van der Waals surface area contributed by atoms with Crippen LogP contribution in [0.4, 0.5) is 18.9 Å². The minimum absolute atomic E-state index is 0.0607. The van der Waals surface area contributed by atoms with Crippen molar-refractivity contribution in [1.82, 2.24) is 15.0 Å². The van der Waals surface area contributed by atoms with Crippen molar-refractivity contribution in [3.05, 3.63) is 62.5 Å². The normalized spacial score (nSPS) is 17.1. The molecule has 1 unspecified atom stereocenters. The largest absolute Gasteiger partial charge is 0.481 e. The van der Waals surface area contributed by atoms with Gasteiger partial charge in [-0.1, -0.05) is 36.2 Å². The molecule has 0 fully saturated rings. The third-order valence-electron chi connectivity index (χ3n) is 5.69. The number of carboxylic acids is 1. The molecule has 188 valence electrons. The van der Waals surface area contributed by atoms with Crippen LogP contribution in [0.3, 0.4) is 0 Å². The molecule has 3 aromatic rings. The summed E-state index contributed by atoms with van der Waals surface area (Å²) >= 11 is 12.9. The standard InChI is InChI=1S/C24H19Cl2F3N4O3/c1-11-6-17-18(9-14(11)23(36)31-13-3-4-19(30-10-13)24(27,28)29)33-22(32-17)21-15(25)7-12(8-16(21)26)2-5-20(34)35/h3-4,6-11,14H,2,5H2,1H3,(H,31,36)(H,32,33)(H,34,35)/t11-,14?/m1/s1. The summed E-state index contributed by atoms with van der Waals surface area (Å²) in [6.07, 6.45) is 0.0881. The number of anilines is 1. The third-order valence-corrected chi connectivity index (χ3v) is 6.28. The van der Waals surface area contributed by atoms with E-state index in [1.807, 2.05) is 13.0 Å². The number of pyridine rings is 1. The van der Waals surface area contributed by atoms with Crippen LogP contribution in [0.1, 0.15) is 24.6 Å². The molecule has 7 nitrogen and oxygen atoms in total. The first-order chi connectivity index (χ1) is 16.9. The van der Waals surface area contributed by atoms with Crippen LogP contribution in [-0.4, -0.2) is 31.9 Å². The number of halogens is 5. The minimum Gasteiger partial charge on any atom is -0.481 e. The number of hydrogen-bond acceptors (Lipinski definition) is 4. The van der Waals surface area contributed by atoms with Crippen LogP contribution in [0.15, 0.2) is 30.5 Å². The molecule has 1 amide bonds. The van der Waals surface area contributed by atoms with E-state index in [4.69, 9.17) is 28.3 Å². The molecular formula is C24H19Cl2F3N4O3. The van der Waals surface area contributed by atoms with E-state index in [1.165, 1.54) is 0 Å². The first-order valence-corrected chi connectivity index (χ1v) is 11.5. The Labute approximate surface area is 212 Å². The summed E-state index contributed by atoms with van der Waals surface area (Å²) in [5.74, 6) is -1.86. The van der Waals surface area contributed by atoms with E-state index < -0.39 is 29.7 Å². The van der Waals surface area contributed by atoms with Gasteiger partial charge in [-0.05, 0) is 48.2 Å². The molecule has 1 aliphatic carbocycles. The highest BCUT2D eigenvalue weighted by Crippen LogP contribution is 2.34. The quantitative estimate of drug-likeness (QED) is 0.434. The maximum Gasteiger partial charge on any atom is 0.433 e. The van der Waals surface area contributed by atoms with Crippen LogP contribution in [0.2, 0.25) is 10.0 Å². The van der Waals surface area contributed by atoms with Gasteiger partial charge in [0.25, 0.3) is 0 Å². The van der Waals surface area contributed by atoms with Crippen LogP contribution in [0, 0.1) is 11.8 Å². The summed E-state index contributed by atoms with van der Waals surface area (Å²) in [6.45, 7) is 1.83. The van der Waals surface area contributed by atoms with E-state index in [1.54, 1.807) is 18.2 Å². The second-order valence-electron chi connectivity index (χ2n) is 8.35. The van der Waals surface area contributed by atoms with Crippen molar-refractivity contribution in [2.75, 3.05) is 5.32 Å². The van der Waals surface area contributed by atoms with Crippen LogP contribution in [0.5, 0.6) is 0 Å². The van der Waals surface area contributed by atoms with Gasteiger partial charge in [0.05, 0.1) is 44.1 Å². The number of hydrogen-bond donors (Lipinski definition) is 3. The summed E-state index contributed by atoms with van der Waals surface area (Å²) < 4.78 is 38.1. The maximum absolute atomic E-state index is 12.9. The molecule has 4 rings (SSSR count). The van der Waals surface area contributed by atoms with E-state index in [9.17, 15) is 22.8 Å². The number of fused-ring (bicyclic) bond motifs is 1. The molecule has 36 heavy (non-hydrogen) atoms. The Bertz CT molecular complexity index is 1430. The van der Waals surface area contributed by atoms with Gasteiger partial charge in [-0.15, -0.1) is 0 Å². The van der Waals surface area contributed by atoms with Gasteiger partial charge in [-0.3, -0.25) is 9.59 Å². The average Bonchev–Trinajstić information content (AvgIpc) is 3.18. The molecule has 2 heterocycles. The van der Waals surface area contributed by atoms with Gasteiger partial charge in [0, 0.05) is 6.42 Å². The van der Waals surface area contributed by atoms with Crippen LogP contribution in [-0.2, 0) is 22.2 Å². The number of rotatable bonds is 6. The topological polar surface area (TPSA) is 108 Å². The highest BCUT2D eigenvalue weighted by atomic mass is 35.5. The van der Waals surface area contributed by atoms with Gasteiger partial charge in [0.2, 0.25) is 5.91 Å². The Balaban J connectivity index is 1.58. The predicted molar refractivity (Wildman–Crippen MR) is 129 cm³/mol. The minimum atomic E-state index is -4.57. The van der Waals surface area contributed by atoms with E-state index in [0.29, 0.717) is 37.7 Å². The van der Waals surface area contributed by atoms with Crippen molar-refractivity contribution < 1.29 is 27.9 Å². The molecule has 0 spiro atoms. The highest BCUT2D eigenvalue weighted by Gasteiger charge is 2.32. The van der Waals surface area contributed by atoms with Gasteiger partial charge in [0.15, 0.2) is 0 Å². The zero-order valence-corrected chi connectivity index (χ0v) is 20.2. The second kappa shape index (κ2) is 9.94. The summed E-state index contributed by atoms with van der Waals surface area (Å²) in [6, 6.07) is 5.22. The number of carboxylic acid groups (broad SMARTS) is 1. The number of imidazole rings is 1. The molecule has 0 radical (unpaired) electrons. The molecule has 0 saturated heterocycles. The number of aliphatic carboxylic acids is 1. The summed E-state index contributed by atoms with van der Waals surface area (Å²) in [7, 11) is 0. The molecule has 0 saturated carbocycles. The van der Waals surface area contributed by atoms with E-state index in [-0.39, 0.29) is 24.4 Å². The van der Waals surface area contributed by atoms with Crippen LogP contribution in [0.25, 0.3) is 23.5 Å². The van der Waals surface area contributed by atoms with Gasteiger partial charge in [0.1, 0.15) is 11.5 Å². The number of aromatic nitrogens is 3. The number of carbonyl (C=O) groups excluding carboxylic acids is 1. The zero-order valence-electron chi connectivity index (χ0n) is 18.7. The van der Waals surface area contributed by atoms with E-state index in [0.717, 1.165) is 18.3 Å². The SMILES string of the molecule is C[C@@H]1C=c2[nH]c(-c3c(Cl)cc(CCC(=O)O)cc3Cl)nc2=CC1C(=O)Nc1ccc(C(F)(F)F)nc1. The lowest BCUT2D eigenvalue weighted by atomic mass is 9.89. The van der Waals surface area contributed by atoms with Crippen molar-refractivity contribution in [3.8, 4) is 11.4 Å². The van der Waals surface area contributed by atoms with Gasteiger partial charge in [-0.25, -0.2) is 9.97 Å². The summed E-state index contributed by atoms with van der Waals surface area (Å²) in [5.41, 5.74) is 0.211. The Hall–Kier alpha value is -3.37. The third kappa shape index (κ3) is 5.55. The molecule has 3 N–H and O–H groups in total. The molecule has 0 bridgehead atoms. The number of nitrogens with one attached hydrogen (secondary N) is 2. The first-order valence-electron chi connectivity index (χ1n) is 10.8. The lowest BCUT2D eigenvalue weighted by Crippen LogP contribution is -2.37. The van der Waals surface area contributed by atoms with Crippen molar-refractivity contribution in [3.63, 3.8) is 0 Å². The van der Waals surface area contributed by atoms with Crippen molar-refractivity contribution in [1.29, 1.82) is 0 Å². The number of carbonyl (C=O) groups is 2. The fraction of sp³-hybridized carbons (Fsp3) is 0.250. The van der Waals surface area contributed by atoms with Crippen molar-refractivity contribution in [2.45, 2.75) is 25.9 Å². The van der Waals surface area contributed by atoms with Crippen molar-refractivity contribution >= 4 is 52.9 Å². The predicted octanol–water partition coefficient (Wildman–Crippen LogP) is 4.28. The highest BCUT2D eigenvalue weighted by molar-refractivity contribution is 6.39. The monoisotopic (exact) mass is 538 g/mol. The number of aryl methyl sites for hydroxylation is 1. The molecule has 2 aromatic heterocycles. The fourth-order valence-electron chi connectivity index (χ4n) is 3.88. The first kappa shape index (κ1) is 25.7. The lowest BCUT2D eigenvalue weighted by Gasteiger charge is -2.19. The van der Waals surface area contributed by atoms with Gasteiger partial charge >= 0.3 is 12.1 Å². The number of amides is 1. The number of H-pyrrole nitrogens is 1. The second-order valence-corrected chi connectivity index (χ2v) is 9.16. The molecule has 1 aromatic carbocycles. The van der Waals surface area contributed by atoms with Gasteiger partial charge < -0.3 is 15.4 Å². The zero-order chi connectivity index (χ0) is 26.2. The molecule has 12 heteroatoms. The van der Waals surface area contributed by atoms with Crippen LogP contribution < -0.4 is 16.0 Å². The smallest absolute Gasteiger partial charge is 0.433 e. The number of nitrogens with zero attached hydrogens (tertiary/aromatic N) is 2. The van der Waals surface area contributed by atoms with Crippen LogP contribution >= 0.6 is 23.2 Å². The Morgan fingerprint density at radius 1 is 1.17 bits per heavy atom. The number of benzene rings is 1. The average molecular weight is 539 g/mol. The van der Waals surface area contributed by atoms with Crippen molar-refractivity contribution in [2.24, 2.45) is 11.8 Å². The molecule has 1 aliphatic rings. The van der Waals surface area contributed by atoms with Gasteiger partial charge in [-0.2, -0.15) is 13.2 Å². The fourth-order valence-corrected chi connectivity index (χ4v) is 4.60. The Kier molecular flexibility index (Phi) is 7.10. The molecule has 0 aliphatic heterocycles. The number of alkyl halides is 3. The Morgan fingerprint density at radius 3 is 2.44 bits per heavy atom.